The standard InChI is InChI=1S/C16H29NO3Si/c1-5-6-12-15(17)13-16(14-10-8-7-9-11-14)21(18-2,19-3)20-4/h7-11,15-16H,5-6,12-13,17H2,1-4H3. The van der Waals surface area contributed by atoms with Crippen molar-refractivity contribution in [2.45, 2.75) is 44.2 Å². The third-order valence-corrected chi connectivity index (χ3v) is 7.08. The van der Waals surface area contributed by atoms with E-state index in [-0.39, 0.29) is 11.6 Å². The molecule has 120 valence electrons. The van der Waals surface area contributed by atoms with E-state index in [0.29, 0.717) is 0 Å². The van der Waals surface area contributed by atoms with Crippen molar-refractivity contribution in [1.82, 2.24) is 0 Å². The summed E-state index contributed by atoms with van der Waals surface area (Å²) in [5.41, 5.74) is 7.54. The summed E-state index contributed by atoms with van der Waals surface area (Å²) < 4.78 is 17.1. The Bertz CT molecular complexity index is 376. The van der Waals surface area contributed by atoms with E-state index in [2.05, 4.69) is 19.1 Å². The number of hydrogen-bond donors (Lipinski definition) is 1. The molecule has 0 aliphatic carbocycles. The summed E-state index contributed by atoms with van der Waals surface area (Å²) in [6.07, 6.45) is 4.13. The predicted molar refractivity (Wildman–Crippen MR) is 88.1 cm³/mol. The van der Waals surface area contributed by atoms with E-state index < -0.39 is 8.80 Å². The first-order chi connectivity index (χ1) is 10.1. The number of benzene rings is 1. The van der Waals surface area contributed by atoms with Gasteiger partial charge >= 0.3 is 8.80 Å². The zero-order valence-electron chi connectivity index (χ0n) is 13.7. The van der Waals surface area contributed by atoms with Crippen molar-refractivity contribution >= 4 is 8.80 Å². The van der Waals surface area contributed by atoms with Crippen LogP contribution in [0.1, 0.15) is 43.7 Å². The van der Waals surface area contributed by atoms with Crippen LogP contribution in [0.25, 0.3) is 0 Å². The summed E-state index contributed by atoms with van der Waals surface area (Å²) >= 11 is 0. The summed E-state index contributed by atoms with van der Waals surface area (Å²) in [5.74, 6) is 0. The molecule has 21 heavy (non-hydrogen) atoms. The van der Waals surface area contributed by atoms with Gasteiger partial charge in [-0.3, -0.25) is 0 Å². The summed E-state index contributed by atoms with van der Waals surface area (Å²) in [6.45, 7) is 2.18. The van der Waals surface area contributed by atoms with E-state index in [1.54, 1.807) is 21.3 Å². The van der Waals surface area contributed by atoms with Gasteiger partial charge in [0, 0.05) is 27.4 Å². The average molecular weight is 311 g/mol. The first kappa shape index (κ1) is 18.3. The van der Waals surface area contributed by atoms with E-state index in [1.165, 1.54) is 5.56 Å². The molecule has 0 heterocycles. The van der Waals surface area contributed by atoms with Crippen molar-refractivity contribution in [1.29, 1.82) is 0 Å². The highest BCUT2D eigenvalue weighted by Gasteiger charge is 2.48. The summed E-state index contributed by atoms with van der Waals surface area (Å²) in [5, 5.41) is 0. The first-order valence-corrected chi connectivity index (χ1v) is 9.39. The molecule has 4 nitrogen and oxygen atoms in total. The molecule has 1 aromatic carbocycles. The fraction of sp³-hybridized carbons (Fsp3) is 0.625. The van der Waals surface area contributed by atoms with Crippen molar-refractivity contribution in [3.05, 3.63) is 35.9 Å². The van der Waals surface area contributed by atoms with Crippen LogP contribution in [0.3, 0.4) is 0 Å². The Morgan fingerprint density at radius 1 is 1.05 bits per heavy atom. The zero-order valence-corrected chi connectivity index (χ0v) is 14.7. The molecule has 0 aliphatic rings. The Hall–Kier alpha value is -0.723. The topological polar surface area (TPSA) is 53.7 Å². The van der Waals surface area contributed by atoms with E-state index in [4.69, 9.17) is 19.0 Å². The Balaban J connectivity index is 3.00. The highest BCUT2D eigenvalue weighted by molar-refractivity contribution is 6.62. The van der Waals surface area contributed by atoms with Gasteiger partial charge in [0.25, 0.3) is 0 Å². The minimum atomic E-state index is -2.77. The molecule has 0 fully saturated rings. The quantitative estimate of drug-likeness (QED) is 0.675. The largest absolute Gasteiger partial charge is 0.508 e. The molecule has 0 aromatic heterocycles. The van der Waals surface area contributed by atoms with Gasteiger partial charge in [-0.25, -0.2) is 0 Å². The molecular formula is C16H29NO3Si. The molecule has 2 unspecified atom stereocenters. The zero-order chi connectivity index (χ0) is 15.7. The van der Waals surface area contributed by atoms with Crippen LogP contribution in [0.5, 0.6) is 0 Å². The van der Waals surface area contributed by atoms with Gasteiger partial charge in [0.15, 0.2) is 0 Å². The molecular weight excluding hydrogens is 282 g/mol. The fourth-order valence-corrected chi connectivity index (χ4v) is 5.28. The fourth-order valence-electron chi connectivity index (χ4n) is 2.73. The average Bonchev–Trinajstić information content (AvgIpc) is 2.54. The summed E-state index contributed by atoms with van der Waals surface area (Å²) in [6, 6.07) is 10.4. The van der Waals surface area contributed by atoms with Crippen LogP contribution in [-0.2, 0) is 13.3 Å². The molecule has 0 saturated carbocycles. The molecule has 1 aromatic rings. The number of hydrogen-bond acceptors (Lipinski definition) is 4. The Morgan fingerprint density at radius 3 is 2.10 bits per heavy atom. The number of unbranched alkanes of at least 4 members (excludes halogenated alkanes) is 1. The van der Waals surface area contributed by atoms with E-state index in [1.807, 2.05) is 18.2 Å². The lowest BCUT2D eigenvalue weighted by atomic mass is 10.0. The minimum Gasteiger partial charge on any atom is -0.376 e. The predicted octanol–water partition coefficient (Wildman–Crippen LogP) is 3.10. The molecule has 2 atom stereocenters. The van der Waals surface area contributed by atoms with Crippen LogP contribution >= 0.6 is 0 Å². The van der Waals surface area contributed by atoms with Crippen LogP contribution in [-0.4, -0.2) is 36.2 Å². The maximum Gasteiger partial charge on any atom is 0.508 e. The van der Waals surface area contributed by atoms with Crippen LogP contribution < -0.4 is 5.73 Å². The monoisotopic (exact) mass is 311 g/mol. The SMILES string of the molecule is CCCCC(N)CC(c1ccccc1)[Si](OC)(OC)OC. The van der Waals surface area contributed by atoms with Crippen molar-refractivity contribution < 1.29 is 13.3 Å². The van der Waals surface area contributed by atoms with Gasteiger partial charge < -0.3 is 19.0 Å². The molecule has 0 saturated heterocycles. The third-order valence-electron chi connectivity index (χ3n) is 3.95. The first-order valence-electron chi connectivity index (χ1n) is 7.59. The van der Waals surface area contributed by atoms with Gasteiger partial charge in [-0.1, -0.05) is 50.1 Å². The van der Waals surface area contributed by atoms with Gasteiger partial charge in [0.05, 0.1) is 5.54 Å². The lowest BCUT2D eigenvalue weighted by molar-refractivity contribution is 0.109. The Morgan fingerprint density at radius 2 is 1.62 bits per heavy atom. The second-order valence-electron chi connectivity index (χ2n) is 5.32. The smallest absolute Gasteiger partial charge is 0.376 e. The molecule has 0 bridgehead atoms. The van der Waals surface area contributed by atoms with Crippen LogP contribution in [0.2, 0.25) is 0 Å². The van der Waals surface area contributed by atoms with Gasteiger partial charge in [-0.15, -0.1) is 0 Å². The van der Waals surface area contributed by atoms with E-state index >= 15 is 0 Å². The van der Waals surface area contributed by atoms with Gasteiger partial charge in [-0.2, -0.15) is 0 Å². The van der Waals surface area contributed by atoms with Gasteiger partial charge in [0.1, 0.15) is 0 Å². The second-order valence-corrected chi connectivity index (χ2v) is 8.45. The molecule has 0 radical (unpaired) electrons. The maximum atomic E-state index is 6.31. The molecule has 0 amide bonds. The Kier molecular flexibility index (Phi) is 8.14. The number of rotatable bonds is 10. The van der Waals surface area contributed by atoms with Crippen molar-refractivity contribution in [3.8, 4) is 0 Å². The van der Waals surface area contributed by atoms with Crippen LogP contribution in [0.4, 0.5) is 0 Å². The van der Waals surface area contributed by atoms with Gasteiger partial charge in [-0.05, 0) is 18.4 Å². The van der Waals surface area contributed by atoms with Crippen LogP contribution in [0.15, 0.2) is 30.3 Å². The molecule has 0 spiro atoms. The van der Waals surface area contributed by atoms with Crippen LogP contribution in [0, 0.1) is 0 Å². The van der Waals surface area contributed by atoms with E-state index in [9.17, 15) is 0 Å². The minimum absolute atomic E-state index is 0.0607. The number of nitrogens with two attached hydrogens (primary N) is 1. The highest BCUT2D eigenvalue weighted by atomic mass is 28.4. The second kappa shape index (κ2) is 9.33. The van der Waals surface area contributed by atoms with Crippen molar-refractivity contribution in [3.63, 3.8) is 0 Å². The lowest BCUT2D eigenvalue weighted by Gasteiger charge is -2.34. The summed E-state index contributed by atoms with van der Waals surface area (Å²) in [4.78, 5) is 0. The third kappa shape index (κ3) is 4.90. The normalized spacial score (nSPS) is 14.9. The molecule has 5 heteroatoms. The molecule has 2 N–H and O–H groups in total. The Labute approximate surface area is 130 Å². The van der Waals surface area contributed by atoms with E-state index in [0.717, 1.165) is 25.7 Å². The van der Waals surface area contributed by atoms with Gasteiger partial charge in [0.2, 0.25) is 0 Å². The molecule has 0 aliphatic heterocycles. The lowest BCUT2D eigenvalue weighted by Crippen LogP contribution is -2.51. The summed E-state index contributed by atoms with van der Waals surface area (Å²) in [7, 11) is 2.21. The highest BCUT2D eigenvalue weighted by Crippen LogP contribution is 2.33. The van der Waals surface area contributed by atoms with Crippen molar-refractivity contribution in [2.24, 2.45) is 5.73 Å². The maximum absolute atomic E-state index is 6.31. The molecule has 1 rings (SSSR count). The van der Waals surface area contributed by atoms with Crippen molar-refractivity contribution in [2.75, 3.05) is 21.3 Å².